The molecule has 0 amide bonds. The lowest BCUT2D eigenvalue weighted by Crippen LogP contribution is -3.18. The van der Waals surface area contributed by atoms with Gasteiger partial charge >= 0.3 is 0 Å². The number of hydrogen-bond donors (Lipinski definition) is 1. The molecule has 13 heavy (non-hydrogen) atoms. The van der Waals surface area contributed by atoms with E-state index in [1.54, 1.807) is 0 Å². The SMILES string of the molecule is CC[NH+](CCCC(=O)[O-])C(C)(C)C. The summed E-state index contributed by atoms with van der Waals surface area (Å²) >= 11 is 0. The lowest BCUT2D eigenvalue weighted by atomic mass is 10.1. The molecule has 3 nitrogen and oxygen atoms in total. The normalized spacial score (nSPS) is 14.2. The average molecular weight is 187 g/mol. The highest BCUT2D eigenvalue weighted by Crippen LogP contribution is 1.93. The van der Waals surface area contributed by atoms with E-state index in [9.17, 15) is 9.90 Å². The summed E-state index contributed by atoms with van der Waals surface area (Å²) in [6.07, 6.45) is 0.891. The van der Waals surface area contributed by atoms with Gasteiger partial charge in [-0.15, -0.1) is 0 Å². The molecule has 1 unspecified atom stereocenters. The summed E-state index contributed by atoms with van der Waals surface area (Å²) in [5.74, 6) is -0.940. The van der Waals surface area contributed by atoms with Crippen molar-refractivity contribution in [3.05, 3.63) is 0 Å². The third-order valence-electron chi connectivity index (χ3n) is 2.35. The number of aliphatic carboxylic acids is 1. The molecule has 0 aromatic heterocycles. The summed E-state index contributed by atoms with van der Waals surface area (Å²) < 4.78 is 0. The first-order chi connectivity index (χ1) is 5.88. The second-order valence-electron chi connectivity index (χ2n) is 4.43. The Morgan fingerprint density at radius 2 is 1.92 bits per heavy atom. The number of hydrogen-bond acceptors (Lipinski definition) is 2. The predicted molar refractivity (Wildman–Crippen MR) is 50.4 cm³/mol. The van der Waals surface area contributed by atoms with Gasteiger partial charge in [0.05, 0.1) is 18.6 Å². The van der Waals surface area contributed by atoms with Crippen LogP contribution in [0, 0.1) is 0 Å². The van der Waals surface area contributed by atoms with Crippen LogP contribution in [-0.2, 0) is 4.79 Å². The van der Waals surface area contributed by atoms with Crippen molar-refractivity contribution in [3.8, 4) is 0 Å². The quantitative estimate of drug-likeness (QED) is 0.613. The Kier molecular flexibility index (Phi) is 4.99. The Hall–Kier alpha value is -0.570. The summed E-state index contributed by atoms with van der Waals surface area (Å²) in [5.41, 5.74) is 0.209. The van der Waals surface area contributed by atoms with Crippen molar-refractivity contribution in [1.29, 1.82) is 0 Å². The van der Waals surface area contributed by atoms with Crippen LogP contribution < -0.4 is 10.0 Å². The zero-order chi connectivity index (χ0) is 10.5. The second kappa shape index (κ2) is 5.22. The average Bonchev–Trinajstić information content (AvgIpc) is 1.95. The van der Waals surface area contributed by atoms with Gasteiger partial charge in [-0.05, 0) is 34.1 Å². The molecule has 0 aromatic rings. The minimum Gasteiger partial charge on any atom is -0.550 e. The van der Waals surface area contributed by atoms with Crippen LogP contribution >= 0.6 is 0 Å². The van der Waals surface area contributed by atoms with Crippen LogP contribution in [0.5, 0.6) is 0 Å². The molecule has 0 aliphatic rings. The van der Waals surface area contributed by atoms with E-state index in [2.05, 4.69) is 27.7 Å². The highest BCUT2D eigenvalue weighted by Gasteiger charge is 2.22. The molecule has 3 heteroatoms. The third kappa shape index (κ3) is 5.64. The van der Waals surface area contributed by atoms with Gasteiger partial charge < -0.3 is 14.8 Å². The number of carboxylic acids is 1. The van der Waals surface area contributed by atoms with Crippen LogP contribution in [0.25, 0.3) is 0 Å². The van der Waals surface area contributed by atoms with Crippen molar-refractivity contribution in [2.75, 3.05) is 13.1 Å². The Balaban J connectivity index is 3.80. The van der Waals surface area contributed by atoms with Gasteiger partial charge in [-0.1, -0.05) is 0 Å². The maximum Gasteiger partial charge on any atom is 0.0891 e. The molecule has 0 radical (unpaired) electrons. The molecule has 1 atom stereocenters. The van der Waals surface area contributed by atoms with Gasteiger partial charge in [0.25, 0.3) is 0 Å². The molecule has 0 fully saturated rings. The molecule has 0 saturated carbocycles. The van der Waals surface area contributed by atoms with E-state index in [1.807, 2.05) is 0 Å². The number of carbonyl (C=O) groups is 1. The molecule has 0 bridgehead atoms. The lowest BCUT2D eigenvalue weighted by Gasteiger charge is -2.31. The first-order valence-electron chi connectivity index (χ1n) is 4.93. The maximum atomic E-state index is 10.2. The minimum absolute atomic E-state index is 0.180. The van der Waals surface area contributed by atoms with E-state index in [0.29, 0.717) is 6.42 Å². The van der Waals surface area contributed by atoms with Crippen molar-refractivity contribution in [1.82, 2.24) is 0 Å². The zero-order valence-corrected chi connectivity index (χ0v) is 9.14. The minimum atomic E-state index is -0.940. The van der Waals surface area contributed by atoms with E-state index in [-0.39, 0.29) is 12.0 Å². The van der Waals surface area contributed by atoms with Crippen molar-refractivity contribution in [2.24, 2.45) is 0 Å². The van der Waals surface area contributed by atoms with Crippen molar-refractivity contribution in [2.45, 2.75) is 46.1 Å². The van der Waals surface area contributed by atoms with Crippen LogP contribution in [0.15, 0.2) is 0 Å². The fourth-order valence-corrected chi connectivity index (χ4v) is 1.53. The van der Waals surface area contributed by atoms with Gasteiger partial charge in [0, 0.05) is 12.4 Å². The van der Waals surface area contributed by atoms with Gasteiger partial charge in [0.1, 0.15) is 0 Å². The fraction of sp³-hybridized carbons (Fsp3) is 0.900. The molecule has 0 aromatic carbocycles. The molecule has 1 N–H and O–H groups in total. The molecule has 0 heterocycles. The molecule has 0 spiro atoms. The molecule has 0 aliphatic carbocycles. The predicted octanol–water partition coefficient (Wildman–Crippen LogP) is -0.780. The Labute approximate surface area is 80.7 Å². The molecule has 0 saturated heterocycles. The standard InChI is InChI=1S/C10H21NO2/c1-5-11(10(2,3)4)8-6-7-9(12)13/h5-8H2,1-4H3,(H,12,13). The maximum absolute atomic E-state index is 10.2. The lowest BCUT2D eigenvalue weighted by molar-refractivity contribution is -0.945. The summed E-state index contributed by atoms with van der Waals surface area (Å²) in [6.45, 7) is 10.6. The van der Waals surface area contributed by atoms with E-state index in [0.717, 1.165) is 13.1 Å². The summed E-state index contributed by atoms with van der Waals surface area (Å²) in [5, 5.41) is 10.2. The topological polar surface area (TPSA) is 44.6 Å². The number of carbonyl (C=O) groups excluding carboxylic acids is 1. The zero-order valence-electron chi connectivity index (χ0n) is 9.14. The van der Waals surface area contributed by atoms with E-state index in [4.69, 9.17) is 0 Å². The summed E-state index contributed by atoms with van der Waals surface area (Å²) in [7, 11) is 0. The molecule has 78 valence electrons. The van der Waals surface area contributed by atoms with Gasteiger partial charge in [0.2, 0.25) is 0 Å². The largest absolute Gasteiger partial charge is 0.550 e. The van der Waals surface area contributed by atoms with E-state index < -0.39 is 5.97 Å². The first kappa shape index (κ1) is 12.4. The van der Waals surface area contributed by atoms with Crippen molar-refractivity contribution >= 4 is 5.97 Å². The van der Waals surface area contributed by atoms with Gasteiger partial charge in [-0.3, -0.25) is 0 Å². The van der Waals surface area contributed by atoms with Crippen molar-refractivity contribution < 1.29 is 14.8 Å². The van der Waals surface area contributed by atoms with Crippen LogP contribution in [-0.4, -0.2) is 24.6 Å². The second-order valence-corrected chi connectivity index (χ2v) is 4.43. The van der Waals surface area contributed by atoms with Gasteiger partial charge in [-0.25, -0.2) is 0 Å². The summed E-state index contributed by atoms with van der Waals surface area (Å²) in [6, 6.07) is 0. The van der Waals surface area contributed by atoms with E-state index in [1.165, 1.54) is 4.90 Å². The number of rotatable bonds is 5. The molecular formula is C10H21NO2. The summed E-state index contributed by atoms with van der Waals surface area (Å²) in [4.78, 5) is 11.6. The van der Waals surface area contributed by atoms with Gasteiger partial charge in [-0.2, -0.15) is 0 Å². The number of carboxylic acid groups (broad SMARTS) is 1. The molecule has 0 rings (SSSR count). The van der Waals surface area contributed by atoms with Crippen LogP contribution in [0.2, 0.25) is 0 Å². The Morgan fingerprint density at radius 3 is 2.23 bits per heavy atom. The monoisotopic (exact) mass is 187 g/mol. The number of nitrogens with one attached hydrogen (secondary N) is 1. The number of quaternary nitrogens is 1. The van der Waals surface area contributed by atoms with Crippen molar-refractivity contribution in [3.63, 3.8) is 0 Å². The highest BCUT2D eigenvalue weighted by molar-refractivity contribution is 5.64. The first-order valence-corrected chi connectivity index (χ1v) is 4.93. The van der Waals surface area contributed by atoms with Crippen LogP contribution in [0.1, 0.15) is 40.5 Å². The van der Waals surface area contributed by atoms with Crippen LogP contribution in [0.4, 0.5) is 0 Å². The van der Waals surface area contributed by atoms with Gasteiger partial charge in [0.15, 0.2) is 0 Å². The Bertz CT molecular complexity index is 161. The molecule has 0 aliphatic heterocycles. The third-order valence-corrected chi connectivity index (χ3v) is 2.35. The fourth-order valence-electron chi connectivity index (χ4n) is 1.53. The molecular weight excluding hydrogens is 166 g/mol. The highest BCUT2D eigenvalue weighted by atomic mass is 16.4. The smallest absolute Gasteiger partial charge is 0.0891 e. The van der Waals surface area contributed by atoms with Crippen LogP contribution in [0.3, 0.4) is 0 Å². The Morgan fingerprint density at radius 1 is 1.38 bits per heavy atom. The van der Waals surface area contributed by atoms with E-state index >= 15 is 0 Å².